The molecule has 0 unspecified atom stereocenters. The van der Waals surface area contributed by atoms with Crippen molar-refractivity contribution < 1.29 is 24.0 Å². The lowest BCUT2D eigenvalue weighted by Crippen LogP contribution is -2.28. The number of amidine groups is 1. The van der Waals surface area contributed by atoms with Crippen LogP contribution in [0.15, 0.2) is 73.3 Å². The first-order valence-corrected chi connectivity index (χ1v) is 18.7. The van der Waals surface area contributed by atoms with Crippen LogP contribution in [-0.4, -0.2) is 85.0 Å². The predicted molar refractivity (Wildman–Crippen MR) is 230 cm³/mol. The number of aryl methyl sites for hydroxylation is 4. The summed E-state index contributed by atoms with van der Waals surface area (Å²) in [7, 11) is 6.65. The van der Waals surface area contributed by atoms with Crippen LogP contribution < -0.4 is 37.2 Å². The first kappa shape index (κ1) is 44.5. The van der Waals surface area contributed by atoms with Crippen LogP contribution in [0.2, 0.25) is 0 Å². The molecular formula is C38H45Cl3N12O5. The highest BCUT2D eigenvalue weighted by Gasteiger charge is 2.20. The van der Waals surface area contributed by atoms with Crippen molar-refractivity contribution in [1.82, 2.24) is 23.6 Å². The first-order valence-electron chi connectivity index (χ1n) is 17.7. The molecular weight excluding hydrogens is 811 g/mol. The quantitative estimate of drug-likeness (QED) is 0.0393. The predicted octanol–water partition coefficient (Wildman–Crippen LogP) is 4.81. The summed E-state index contributed by atoms with van der Waals surface area (Å²) in [4.78, 5) is 67.3. The zero-order chi connectivity index (χ0) is 41.4. The van der Waals surface area contributed by atoms with Crippen LogP contribution >= 0.6 is 35.6 Å². The van der Waals surface area contributed by atoms with E-state index in [-0.39, 0.29) is 60.1 Å². The molecule has 0 spiro atoms. The lowest BCUT2D eigenvalue weighted by molar-refractivity contribution is 0.0944. The maximum atomic E-state index is 13.3. The minimum absolute atomic E-state index is 0. The summed E-state index contributed by atoms with van der Waals surface area (Å²) < 4.78 is 6.24. The molecule has 0 saturated heterocycles. The van der Waals surface area contributed by atoms with Crippen LogP contribution in [0.5, 0.6) is 0 Å². The Balaban J connectivity index is 0.00000744. The molecule has 58 heavy (non-hydrogen) atoms. The molecule has 5 amide bonds. The minimum Gasteiger partial charge on any atom is -0.388 e. The summed E-state index contributed by atoms with van der Waals surface area (Å²) in [6.07, 6.45) is 6.60. The molecule has 4 aromatic heterocycles. The van der Waals surface area contributed by atoms with Gasteiger partial charge in [0.1, 0.15) is 22.8 Å². The maximum absolute atomic E-state index is 13.3. The number of nitrogens with zero attached hydrogens (tertiary/aromatic N) is 5. The van der Waals surface area contributed by atoms with Crippen molar-refractivity contribution >= 4 is 99.4 Å². The molecule has 0 aliphatic rings. The largest absolute Gasteiger partial charge is 0.388 e. The highest BCUT2D eigenvalue weighted by molar-refractivity contribution is 6.18. The second kappa shape index (κ2) is 19.8. The van der Waals surface area contributed by atoms with E-state index >= 15 is 0 Å². The van der Waals surface area contributed by atoms with E-state index in [1.807, 2.05) is 17.0 Å². The van der Waals surface area contributed by atoms with Gasteiger partial charge in [-0.15, -0.1) is 35.6 Å². The van der Waals surface area contributed by atoms with Gasteiger partial charge in [0.15, 0.2) is 0 Å². The Morgan fingerprint density at radius 3 is 1.29 bits per heavy atom. The molecule has 0 aliphatic heterocycles. The second-order valence-electron chi connectivity index (χ2n) is 13.2. The molecule has 0 atom stereocenters. The first-order chi connectivity index (χ1) is 27.2. The molecule has 0 saturated carbocycles. The number of rotatable bonds is 17. The van der Waals surface area contributed by atoms with Crippen molar-refractivity contribution in [2.24, 2.45) is 33.9 Å². The van der Waals surface area contributed by atoms with E-state index in [2.05, 4.69) is 26.6 Å². The summed E-state index contributed by atoms with van der Waals surface area (Å²) in [6, 6.07) is 13.2. The fourth-order valence-electron chi connectivity index (χ4n) is 6.02. The van der Waals surface area contributed by atoms with Crippen LogP contribution in [0.4, 0.5) is 28.4 Å². The standard InChI is InChI=1S/C38H44Cl2N12O5.ClH/c1-48-20-25(15-29(48)35(54)43-12-9-33(41)42)45-37(56)31-17-27(22-50(31)3)47-38(57)32-18-26(21-51(32)4)46-36(55)30-16-24(19-49(30)2)44-34(53)23-5-7-28(8-6-23)52(13-10-39)14-11-40;/h5-8,15-22H,9-14H2,1-4H3,(H3,41,42)(H,43,54)(H,44,53)(H,45,56)(H,46,55)(H,47,57);1H. The lowest BCUT2D eigenvalue weighted by Gasteiger charge is -2.22. The van der Waals surface area contributed by atoms with Gasteiger partial charge in [0.2, 0.25) is 0 Å². The smallest absolute Gasteiger partial charge is 0.272 e. The zero-order valence-corrected chi connectivity index (χ0v) is 34.5. The Morgan fingerprint density at radius 1 is 0.603 bits per heavy atom. The van der Waals surface area contributed by atoms with Crippen LogP contribution in [0.25, 0.3) is 0 Å². The number of halogens is 3. The molecule has 4 heterocycles. The van der Waals surface area contributed by atoms with Gasteiger partial charge in [-0.1, -0.05) is 0 Å². The number of carbonyl (C=O) groups excluding carboxylic acids is 5. The van der Waals surface area contributed by atoms with Crippen molar-refractivity contribution in [2.45, 2.75) is 6.42 Å². The average molecular weight is 856 g/mol. The van der Waals surface area contributed by atoms with Gasteiger partial charge in [0.25, 0.3) is 29.5 Å². The highest BCUT2D eigenvalue weighted by atomic mass is 35.5. The van der Waals surface area contributed by atoms with Crippen LogP contribution in [-0.2, 0) is 28.2 Å². The van der Waals surface area contributed by atoms with Gasteiger partial charge < -0.3 is 55.5 Å². The molecule has 5 aromatic rings. The molecule has 8 N–H and O–H groups in total. The number of aromatic nitrogens is 4. The summed E-state index contributed by atoms with van der Waals surface area (Å²) in [6.45, 7) is 1.45. The molecule has 0 fully saturated rings. The number of nitrogens with one attached hydrogen (secondary N) is 6. The lowest BCUT2D eigenvalue weighted by atomic mass is 10.1. The van der Waals surface area contributed by atoms with E-state index < -0.39 is 17.7 Å². The Morgan fingerprint density at radius 2 is 0.948 bits per heavy atom. The molecule has 0 bridgehead atoms. The van der Waals surface area contributed by atoms with Gasteiger partial charge >= 0.3 is 0 Å². The third-order valence-electron chi connectivity index (χ3n) is 8.87. The molecule has 17 nitrogen and oxygen atoms in total. The van der Waals surface area contributed by atoms with E-state index in [1.54, 1.807) is 89.4 Å². The Kier molecular flexibility index (Phi) is 15.2. The average Bonchev–Trinajstić information content (AvgIpc) is 3.92. The molecule has 308 valence electrons. The van der Waals surface area contributed by atoms with Gasteiger partial charge in [-0.3, -0.25) is 29.4 Å². The third kappa shape index (κ3) is 11.0. The van der Waals surface area contributed by atoms with Crippen molar-refractivity contribution in [3.05, 3.63) is 102 Å². The topological polar surface area (TPSA) is 218 Å². The van der Waals surface area contributed by atoms with Crippen LogP contribution in [0, 0.1) is 5.41 Å². The highest BCUT2D eigenvalue weighted by Crippen LogP contribution is 2.22. The summed E-state index contributed by atoms with van der Waals surface area (Å²) in [5.74, 6) is -1.30. The normalized spacial score (nSPS) is 10.7. The monoisotopic (exact) mass is 854 g/mol. The number of carbonyl (C=O) groups is 5. The third-order valence-corrected chi connectivity index (χ3v) is 9.20. The summed E-state index contributed by atoms with van der Waals surface area (Å²) >= 11 is 11.8. The molecule has 5 rings (SSSR count). The van der Waals surface area contributed by atoms with Crippen molar-refractivity contribution in [1.29, 1.82) is 5.41 Å². The molecule has 20 heteroatoms. The fraction of sp³-hybridized carbons (Fsp3) is 0.263. The number of hydrogen-bond donors (Lipinski definition) is 7. The minimum atomic E-state index is -0.484. The van der Waals surface area contributed by atoms with Crippen molar-refractivity contribution in [3.63, 3.8) is 0 Å². The van der Waals surface area contributed by atoms with Gasteiger partial charge in [-0.2, -0.15) is 0 Å². The number of hydrogen-bond acceptors (Lipinski definition) is 7. The van der Waals surface area contributed by atoms with Gasteiger partial charge in [-0.25, -0.2) is 0 Å². The SMILES string of the molecule is Cl.Cn1cc(NC(=O)c2cc(NC(=O)c3cc(NC(=O)c4cc(NC(=O)c5ccc(N(CCCl)CCCl)cc5)cn4C)cn3C)cn2C)cc1C(=O)NCCC(=N)N. The zero-order valence-electron chi connectivity index (χ0n) is 32.2. The molecule has 0 radical (unpaired) electrons. The van der Waals surface area contributed by atoms with E-state index in [9.17, 15) is 24.0 Å². The van der Waals surface area contributed by atoms with E-state index in [0.717, 1.165) is 5.69 Å². The number of amides is 5. The van der Waals surface area contributed by atoms with Crippen LogP contribution in [0.1, 0.15) is 58.7 Å². The van der Waals surface area contributed by atoms with Gasteiger partial charge in [-0.05, 0) is 48.5 Å². The number of alkyl halides is 2. The fourth-order valence-corrected chi connectivity index (χ4v) is 6.43. The summed E-state index contributed by atoms with van der Waals surface area (Å²) in [5.41, 5.74) is 9.24. The van der Waals surface area contributed by atoms with Crippen molar-refractivity contribution in [3.8, 4) is 0 Å². The van der Waals surface area contributed by atoms with Crippen LogP contribution in [0.3, 0.4) is 0 Å². The summed E-state index contributed by atoms with van der Waals surface area (Å²) in [5, 5.41) is 21.1. The van der Waals surface area contributed by atoms with Gasteiger partial charge in [0, 0.05) is 102 Å². The molecule has 1 aromatic carbocycles. The van der Waals surface area contributed by atoms with Gasteiger partial charge in [0.05, 0.1) is 28.6 Å². The van der Waals surface area contributed by atoms with E-state index in [4.69, 9.17) is 34.3 Å². The van der Waals surface area contributed by atoms with E-state index in [0.29, 0.717) is 58.9 Å². The van der Waals surface area contributed by atoms with E-state index in [1.165, 1.54) is 18.2 Å². The Bertz CT molecular complexity index is 2300. The number of anilines is 5. The number of benzene rings is 1. The Labute approximate surface area is 350 Å². The maximum Gasteiger partial charge on any atom is 0.272 e. The van der Waals surface area contributed by atoms with Crippen molar-refractivity contribution in [2.75, 3.05) is 57.6 Å². The molecule has 0 aliphatic carbocycles. The number of nitrogens with two attached hydrogens (primary N) is 1. The Hall–Kier alpha value is -6.17. The second-order valence-corrected chi connectivity index (χ2v) is 13.9.